The molecular weight excluding hydrogens is 286 g/mol. The number of carbonyl (C=O) groups is 3. The number of methoxy groups -OCH3 is 1. The standard InChI is InChI=1S/C12H14ClN3O4/c1-20-12(19)8-3-2-7(13)4-9(8)16-11(18)6-15-10(17)5-14/h2-4H,5-6,14H2,1H3,(H,15,17)(H,16,18). The van der Waals surface area contributed by atoms with Crippen LogP contribution < -0.4 is 16.4 Å². The van der Waals surface area contributed by atoms with Gasteiger partial charge < -0.3 is 21.1 Å². The lowest BCUT2D eigenvalue weighted by atomic mass is 10.2. The van der Waals surface area contributed by atoms with Gasteiger partial charge in [-0.1, -0.05) is 11.6 Å². The molecule has 0 fully saturated rings. The van der Waals surface area contributed by atoms with E-state index < -0.39 is 17.8 Å². The molecule has 1 aromatic rings. The quantitative estimate of drug-likeness (QED) is 0.670. The monoisotopic (exact) mass is 299 g/mol. The van der Waals surface area contributed by atoms with Crippen molar-refractivity contribution in [3.63, 3.8) is 0 Å². The highest BCUT2D eigenvalue weighted by molar-refractivity contribution is 6.31. The molecule has 0 spiro atoms. The predicted octanol–water partition coefficient (Wildman–Crippen LogP) is 0.140. The highest BCUT2D eigenvalue weighted by Gasteiger charge is 2.14. The zero-order valence-electron chi connectivity index (χ0n) is 10.7. The fraction of sp³-hybridized carbons (Fsp3) is 0.250. The summed E-state index contributed by atoms with van der Waals surface area (Å²) < 4.78 is 4.59. The Bertz CT molecular complexity index is 533. The molecule has 0 radical (unpaired) electrons. The smallest absolute Gasteiger partial charge is 0.339 e. The molecule has 0 saturated carbocycles. The van der Waals surface area contributed by atoms with Gasteiger partial charge in [0.25, 0.3) is 0 Å². The predicted molar refractivity (Wildman–Crippen MR) is 73.5 cm³/mol. The van der Waals surface area contributed by atoms with Gasteiger partial charge in [0.15, 0.2) is 0 Å². The van der Waals surface area contributed by atoms with E-state index in [-0.39, 0.29) is 24.3 Å². The lowest BCUT2D eigenvalue weighted by Gasteiger charge is -2.10. The molecule has 8 heteroatoms. The van der Waals surface area contributed by atoms with Gasteiger partial charge in [0.05, 0.1) is 31.5 Å². The summed E-state index contributed by atoms with van der Waals surface area (Å²) >= 11 is 5.81. The summed E-state index contributed by atoms with van der Waals surface area (Å²) in [5.74, 6) is -1.58. The van der Waals surface area contributed by atoms with Crippen LogP contribution in [0.15, 0.2) is 18.2 Å². The van der Waals surface area contributed by atoms with Gasteiger partial charge in [-0.25, -0.2) is 4.79 Å². The Labute approximate surface area is 120 Å². The Kier molecular flexibility index (Phi) is 5.95. The fourth-order valence-corrected chi connectivity index (χ4v) is 1.53. The number of hydrogen-bond acceptors (Lipinski definition) is 5. The van der Waals surface area contributed by atoms with Gasteiger partial charge in [0.1, 0.15) is 0 Å². The summed E-state index contributed by atoms with van der Waals surface area (Å²) in [4.78, 5) is 34.1. The molecule has 0 aliphatic carbocycles. The number of benzene rings is 1. The van der Waals surface area contributed by atoms with E-state index >= 15 is 0 Å². The number of ether oxygens (including phenoxy) is 1. The summed E-state index contributed by atoms with van der Waals surface area (Å²) in [6, 6.07) is 4.35. The molecular formula is C12H14ClN3O4. The van der Waals surface area contributed by atoms with E-state index in [4.69, 9.17) is 17.3 Å². The van der Waals surface area contributed by atoms with E-state index in [1.165, 1.54) is 25.3 Å². The average Bonchev–Trinajstić information content (AvgIpc) is 2.44. The normalized spacial score (nSPS) is 9.75. The molecule has 1 aromatic carbocycles. The van der Waals surface area contributed by atoms with Crippen LogP contribution in [0.25, 0.3) is 0 Å². The van der Waals surface area contributed by atoms with Crippen LogP contribution >= 0.6 is 11.6 Å². The number of carbonyl (C=O) groups excluding carboxylic acids is 3. The van der Waals surface area contributed by atoms with Crippen molar-refractivity contribution in [3.8, 4) is 0 Å². The maximum absolute atomic E-state index is 11.6. The molecule has 0 unspecified atom stereocenters. The van der Waals surface area contributed by atoms with Gasteiger partial charge >= 0.3 is 5.97 Å². The first-order chi connectivity index (χ1) is 9.47. The van der Waals surface area contributed by atoms with Crippen LogP contribution in [0.1, 0.15) is 10.4 Å². The van der Waals surface area contributed by atoms with Crippen molar-refractivity contribution in [1.29, 1.82) is 0 Å². The van der Waals surface area contributed by atoms with Gasteiger partial charge in [0.2, 0.25) is 11.8 Å². The van der Waals surface area contributed by atoms with Crippen LogP contribution in [0.2, 0.25) is 5.02 Å². The molecule has 7 nitrogen and oxygen atoms in total. The number of halogens is 1. The van der Waals surface area contributed by atoms with Crippen molar-refractivity contribution in [3.05, 3.63) is 28.8 Å². The van der Waals surface area contributed by atoms with Crippen LogP contribution in [0.5, 0.6) is 0 Å². The Morgan fingerprint density at radius 1 is 1.30 bits per heavy atom. The number of nitrogens with one attached hydrogen (secondary N) is 2. The molecule has 0 atom stereocenters. The van der Waals surface area contributed by atoms with Crippen molar-refractivity contribution >= 4 is 35.1 Å². The summed E-state index contributed by atoms with van der Waals surface area (Å²) in [6.45, 7) is -0.471. The second kappa shape index (κ2) is 7.46. The minimum atomic E-state index is -0.608. The number of esters is 1. The fourth-order valence-electron chi connectivity index (χ4n) is 1.35. The minimum Gasteiger partial charge on any atom is -0.465 e. The van der Waals surface area contributed by atoms with Crippen LogP contribution in [-0.2, 0) is 14.3 Å². The summed E-state index contributed by atoms with van der Waals surface area (Å²) in [5.41, 5.74) is 5.46. The van der Waals surface area contributed by atoms with Crippen molar-refractivity contribution in [2.24, 2.45) is 5.73 Å². The van der Waals surface area contributed by atoms with E-state index in [0.29, 0.717) is 5.02 Å². The van der Waals surface area contributed by atoms with Gasteiger partial charge in [-0.3, -0.25) is 9.59 Å². The third-order valence-electron chi connectivity index (χ3n) is 2.29. The molecule has 1 rings (SSSR count). The zero-order chi connectivity index (χ0) is 15.1. The van der Waals surface area contributed by atoms with Gasteiger partial charge in [-0.2, -0.15) is 0 Å². The molecule has 0 heterocycles. The van der Waals surface area contributed by atoms with E-state index in [1.807, 2.05) is 0 Å². The van der Waals surface area contributed by atoms with Crippen molar-refractivity contribution in [2.75, 3.05) is 25.5 Å². The van der Waals surface area contributed by atoms with Crippen molar-refractivity contribution in [2.45, 2.75) is 0 Å². The van der Waals surface area contributed by atoms with Crippen LogP contribution in [0.3, 0.4) is 0 Å². The lowest BCUT2D eigenvalue weighted by Crippen LogP contribution is -2.36. The number of rotatable bonds is 5. The van der Waals surface area contributed by atoms with Gasteiger partial charge in [-0.05, 0) is 18.2 Å². The number of hydrogen-bond donors (Lipinski definition) is 3. The maximum atomic E-state index is 11.6. The average molecular weight is 300 g/mol. The molecule has 0 saturated heterocycles. The molecule has 4 N–H and O–H groups in total. The largest absolute Gasteiger partial charge is 0.465 e. The van der Waals surface area contributed by atoms with Crippen LogP contribution in [-0.4, -0.2) is 38.0 Å². The van der Waals surface area contributed by atoms with Crippen LogP contribution in [0, 0.1) is 0 Å². The molecule has 2 amide bonds. The Balaban J connectivity index is 2.80. The molecule has 0 aliphatic heterocycles. The summed E-state index contributed by atoms with van der Waals surface area (Å²) in [5, 5.41) is 5.12. The maximum Gasteiger partial charge on any atom is 0.339 e. The third kappa shape index (κ3) is 4.52. The number of amides is 2. The molecule has 108 valence electrons. The second-order valence-corrected chi connectivity index (χ2v) is 4.15. The highest BCUT2D eigenvalue weighted by Crippen LogP contribution is 2.21. The lowest BCUT2D eigenvalue weighted by molar-refractivity contribution is -0.123. The van der Waals surface area contributed by atoms with E-state index in [0.717, 1.165) is 0 Å². The summed E-state index contributed by atoms with van der Waals surface area (Å²) in [6.07, 6.45) is 0. The van der Waals surface area contributed by atoms with Gasteiger partial charge in [-0.15, -0.1) is 0 Å². The van der Waals surface area contributed by atoms with Crippen LogP contribution in [0.4, 0.5) is 5.69 Å². The second-order valence-electron chi connectivity index (χ2n) is 3.71. The Morgan fingerprint density at radius 2 is 2.00 bits per heavy atom. The first-order valence-electron chi connectivity index (χ1n) is 5.62. The Hall–Kier alpha value is -2.12. The molecule has 0 aliphatic rings. The first kappa shape index (κ1) is 15.9. The van der Waals surface area contributed by atoms with E-state index in [9.17, 15) is 14.4 Å². The molecule has 20 heavy (non-hydrogen) atoms. The molecule has 0 aromatic heterocycles. The van der Waals surface area contributed by atoms with Gasteiger partial charge in [0, 0.05) is 5.02 Å². The third-order valence-corrected chi connectivity index (χ3v) is 2.53. The zero-order valence-corrected chi connectivity index (χ0v) is 11.5. The van der Waals surface area contributed by atoms with E-state index in [1.54, 1.807) is 0 Å². The first-order valence-corrected chi connectivity index (χ1v) is 6.00. The van der Waals surface area contributed by atoms with Crippen molar-refractivity contribution in [1.82, 2.24) is 5.32 Å². The number of nitrogens with two attached hydrogens (primary N) is 1. The molecule has 0 bridgehead atoms. The Morgan fingerprint density at radius 3 is 2.60 bits per heavy atom. The van der Waals surface area contributed by atoms with E-state index in [2.05, 4.69) is 15.4 Å². The topological polar surface area (TPSA) is 111 Å². The SMILES string of the molecule is COC(=O)c1ccc(Cl)cc1NC(=O)CNC(=O)CN. The number of anilines is 1. The minimum absolute atomic E-state index is 0.162. The highest BCUT2D eigenvalue weighted by atomic mass is 35.5. The van der Waals surface area contributed by atoms with Crippen molar-refractivity contribution < 1.29 is 19.1 Å². The summed E-state index contributed by atoms with van der Waals surface area (Å²) in [7, 11) is 1.23.